The van der Waals surface area contributed by atoms with Gasteiger partial charge in [-0.25, -0.2) is 4.79 Å². The predicted octanol–water partition coefficient (Wildman–Crippen LogP) is 3.16. The van der Waals surface area contributed by atoms with Crippen molar-refractivity contribution >= 4 is 17.7 Å². The summed E-state index contributed by atoms with van der Waals surface area (Å²) in [5, 5.41) is 9.22. The highest BCUT2D eigenvalue weighted by atomic mass is 32.2. The molecule has 0 amide bonds. The molecule has 0 atom stereocenters. The van der Waals surface area contributed by atoms with Gasteiger partial charge in [0.25, 0.3) is 0 Å². The van der Waals surface area contributed by atoms with E-state index in [-0.39, 0.29) is 5.76 Å². The molecule has 0 N–H and O–H groups in total. The lowest BCUT2D eigenvalue weighted by molar-refractivity contribution is 0.0564. The number of thioether (sulfide) groups is 1. The van der Waals surface area contributed by atoms with Crippen molar-refractivity contribution in [3.05, 3.63) is 47.9 Å². The predicted molar refractivity (Wildman–Crippen MR) is 92.6 cm³/mol. The molecule has 0 spiro atoms. The van der Waals surface area contributed by atoms with Crippen LogP contribution in [0.4, 0.5) is 0 Å². The summed E-state index contributed by atoms with van der Waals surface area (Å²) >= 11 is 1.46. The number of furan rings is 1. The highest BCUT2D eigenvalue weighted by molar-refractivity contribution is 7.98. The van der Waals surface area contributed by atoms with Crippen LogP contribution in [0.2, 0.25) is 0 Å². The van der Waals surface area contributed by atoms with Crippen LogP contribution in [0.25, 0.3) is 11.4 Å². The molecule has 8 heteroatoms. The number of hydrogen-bond acceptors (Lipinski definition) is 7. The molecule has 0 fully saturated rings. The molecule has 0 bridgehead atoms. The van der Waals surface area contributed by atoms with Crippen molar-refractivity contribution in [2.45, 2.75) is 10.9 Å². The number of methoxy groups -OCH3 is 2. The summed E-state index contributed by atoms with van der Waals surface area (Å²) in [6.07, 6.45) is 1.47. The Balaban J connectivity index is 1.78. The molecular weight excluding hydrogens is 342 g/mol. The fourth-order valence-corrected chi connectivity index (χ4v) is 3.21. The molecule has 2 aromatic heterocycles. The lowest BCUT2D eigenvalue weighted by Crippen LogP contribution is -2.02. The summed E-state index contributed by atoms with van der Waals surface area (Å²) in [7, 11) is 4.85. The zero-order valence-corrected chi connectivity index (χ0v) is 14.9. The van der Waals surface area contributed by atoms with Crippen LogP contribution in [0, 0.1) is 0 Å². The molecule has 0 aliphatic carbocycles. The third-order valence-electron chi connectivity index (χ3n) is 3.64. The second kappa shape index (κ2) is 7.43. The van der Waals surface area contributed by atoms with E-state index in [0.717, 1.165) is 27.9 Å². The molecule has 25 heavy (non-hydrogen) atoms. The van der Waals surface area contributed by atoms with Crippen molar-refractivity contribution in [2.24, 2.45) is 7.05 Å². The van der Waals surface area contributed by atoms with Gasteiger partial charge < -0.3 is 18.5 Å². The minimum absolute atomic E-state index is 0.213. The molecule has 0 saturated heterocycles. The van der Waals surface area contributed by atoms with Crippen LogP contribution in [-0.4, -0.2) is 35.0 Å². The van der Waals surface area contributed by atoms with Crippen LogP contribution >= 0.6 is 11.8 Å². The van der Waals surface area contributed by atoms with Crippen LogP contribution in [0.1, 0.15) is 16.1 Å². The SMILES string of the molecule is COC(=O)c1occc1CSc1nnc(-c2cccc(OC)c2)n1C. The third kappa shape index (κ3) is 3.53. The second-order valence-electron chi connectivity index (χ2n) is 5.15. The zero-order valence-electron chi connectivity index (χ0n) is 14.1. The molecule has 1 aromatic carbocycles. The van der Waals surface area contributed by atoms with Gasteiger partial charge >= 0.3 is 5.97 Å². The van der Waals surface area contributed by atoms with Crippen molar-refractivity contribution in [3.8, 4) is 17.1 Å². The first-order valence-electron chi connectivity index (χ1n) is 7.45. The van der Waals surface area contributed by atoms with Gasteiger partial charge in [-0.3, -0.25) is 0 Å². The second-order valence-corrected chi connectivity index (χ2v) is 6.09. The molecule has 0 aliphatic rings. The molecule has 3 aromatic rings. The Morgan fingerprint density at radius 3 is 2.88 bits per heavy atom. The van der Waals surface area contributed by atoms with Crippen molar-refractivity contribution in [1.82, 2.24) is 14.8 Å². The van der Waals surface area contributed by atoms with E-state index in [1.54, 1.807) is 13.2 Å². The van der Waals surface area contributed by atoms with Crippen molar-refractivity contribution < 1.29 is 18.7 Å². The number of hydrogen-bond donors (Lipinski definition) is 0. The van der Waals surface area contributed by atoms with E-state index in [0.29, 0.717) is 5.75 Å². The van der Waals surface area contributed by atoms with E-state index in [1.807, 2.05) is 35.9 Å². The lowest BCUT2D eigenvalue weighted by atomic mass is 10.2. The zero-order chi connectivity index (χ0) is 17.8. The Morgan fingerprint density at radius 2 is 2.12 bits per heavy atom. The van der Waals surface area contributed by atoms with Gasteiger partial charge in [-0.15, -0.1) is 10.2 Å². The monoisotopic (exact) mass is 359 g/mol. The van der Waals surface area contributed by atoms with Gasteiger partial charge in [0.1, 0.15) is 5.75 Å². The van der Waals surface area contributed by atoms with Crippen LogP contribution in [-0.2, 0) is 17.5 Å². The van der Waals surface area contributed by atoms with Crippen LogP contribution in [0.3, 0.4) is 0 Å². The number of esters is 1. The summed E-state index contributed by atoms with van der Waals surface area (Å²) in [4.78, 5) is 11.7. The number of ether oxygens (including phenoxy) is 2. The molecule has 3 rings (SSSR count). The number of carbonyl (C=O) groups is 1. The largest absolute Gasteiger partial charge is 0.497 e. The maximum Gasteiger partial charge on any atom is 0.374 e. The summed E-state index contributed by atoms with van der Waals surface area (Å²) in [5.74, 6) is 1.74. The Morgan fingerprint density at radius 1 is 1.28 bits per heavy atom. The molecule has 7 nitrogen and oxygen atoms in total. The van der Waals surface area contributed by atoms with Crippen LogP contribution in [0.15, 0.2) is 46.2 Å². The van der Waals surface area contributed by atoms with Gasteiger partial charge in [0.15, 0.2) is 11.0 Å². The summed E-state index contributed by atoms with van der Waals surface area (Å²) in [5.41, 5.74) is 1.67. The van der Waals surface area contributed by atoms with Gasteiger partial charge in [0, 0.05) is 23.9 Å². The highest BCUT2D eigenvalue weighted by Gasteiger charge is 2.18. The fraction of sp³-hybridized carbons (Fsp3) is 0.235. The minimum atomic E-state index is -0.490. The van der Waals surface area contributed by atoms with E-state index in [1.165, 1.54) is 25.1 Å². The summed E-state index contributed by atoms with van der Waals surface area (Å²) in [6.45, 7) is 0. The van der Waals surface area contributed by atoms with E-state index in [2.05, 4.69) is 10.2 Å². The first kappa shape index (κ1) is 17.1. The first-order valence-corrected chi connectivity index (χ1v) is 8.44. The average Bonchev–Trinajstić information content (AvgIpc) is 3.26. The molecule has 2 heterocycles. The number of carbonyl (C=O) groups excluding carboxylic acids is 1. The Labute approximate surface area is 149 Å². The molecule has 0 radical (unpaired) electrons. The Bertz CT molecular complexity index is 888. The molecule has 130 valence electrons. The van der Waals surface area contributed by atoms with E-state index >= 15 is 0 Å². The lowest BCUT2D eigenvalue weighted by Gasteiger charge is -2.05. The highest BCUT2D eigenvalue weighted by Crippen LogP contribution is 2.28. The number of nitrogens with zero attached hydrogens (tertiary/aromatic N) is 3. The molecule has 0 saturated carbocycles. The van der Waals surface area contributed by atoms with E-state index < -0.39 is 5.97 Å². The van der Waals surface area contributed by atoms with Gasteiger partial charge in [0.05, 0.1) is 20.5 Å². The van der Waals surface area contributed by atoms with Gasteiger partial charge in [-0.1, -0.05) is 23.9 Å². The van der Waals surface area contributed by atoms with E-state index in [4.69, 9.17) is 13.9 Å². The Kier molecular flexibility index (Phi) is 5.08. The normalized spacial score (nSPS) is 10.7. The topological polar surface area (TPSA) is 79.4 Å². The van der Waals surface area contributed by atoms with Crippen molar-refractivity contribution in [1.29, 1.82) is 0 Å². The Hall–Kier alpha value is -2.74. The van der Waals surface area contributed by atoms with Crippen molar-refractivity contribution in [3.63, 3.8) is 0 Å². The average molecular weight is 359 g/mol. The first-order chi connectivity index (χ1) is 12.1. The van der Waals surface area contributed by atoms with Gasteiger partial charge in [0.2, 0.25) is 5.76 Å². The number of benzene rings is 1. The fourth-order valence-electron chi connectivity index (χ4n) is 2.32. The van der Waals surface area contributed by atoms with E-state index in [9.17, 15) is 4.79 Å². The molecule has 0 aliphatic heterocycles. The van der Waals surface area contributed by atoms with Crippen molar-refractivity contribution in [2.75, 3.05) is 14.2 Å². The minimum Gasteiger partial charge on any atom is -0.497 e. The summed E-state index contributed by atoms with van der Waals surface area (Å²) in [6, 6.07) is 9.39. The quantitative estimate of drug-likeness (QED) is 0.494. The summed E-state index contributed by atoms with van der Waals surface area (Å²) < 4.78 is 17.0. The maximum absolute atomic E-state index is 11.7. The maximum atomic E-state index is 11.7. The molecular formula is C17H17N3O4S. The van der Waals surface area contributed by atoms with Gasteiger partial charge in [-0.2, -0.15) is 0 Å². The van der Waals surface area contributed by atoms with Gasteiger partial charge in [-0.05, 0) is 18.2 Å². The number of aromatic nitrogens is 3. The van der Waals surface area contributed by atoms with Crippen LogP contribution in [0.5, 0.6) is 5.75 Å². The number of rotatable bonds is 6. The molecule has 0 unspecified atom stereocenters. The standard InChI is InChI=1S/C17H17N3O4S/c1-20-15(11-5-4-6-13(9-11)22-2)18-19-17(20)25-10-12-7-8-24-14(12)16(21)23-3/h4-9H,10H2,1-3H3. The smallest absolute Gasteiger partial charge is 0.374 e. The third-order valence-corrected chi connectivity index (χ3v) is 4.71. The van der Waals surface area contributed by atoms with Crippen LogP contribution < -0.4 is 4.74 Å².